The topological polar surface area (TPSA) is 186 Å². The molecule has 0 saturated carbocycles. The molecule has 4 N–H and O–H groups in total. The van der Waals surface area contributed by atoms with Crippen molar-refractivity contribution in [1.82, 2.24) is 4.67 Å². The van der Waals surface area contributed by atoms with Crippen LogP contribution in [0, 0.1) is 11.8 Å². The third-order valence-corrected chi connectivity index (χ3v) is 13.0. The minimum absolute atomic E-state index is 0.0516. The van der Waals surface area contributed by atoms with E-state index in [9.17, 15) is 23.5 Å². The lowest BCUT2D eigenvalue weighted by atomic mass is 9.97. The Bertz CT molecular complexity index is 966. The number of hydrogen-bond acceptors (Lipinski definition) is 12. The highest BCUT2D eigenvalue weighted by molar-refractivity contribution is 7.70. The number of hydrogen-bond donors (Lipinski definition) is 3. The van der Waals surface area contributed by atoms with Crippen molar-refractivity contribution < 1.29 is 54.7 Å². The Morgan fingerprint density at radius 2 is 1.89 bits per heavy atom. The largest absolute Gasteiger partial charge is 0.492 e. The summed E-state index contributed by atoms with van der Waals surface area (Å²) >= 11 is 0. The van der Waals surface area contributed by atoms with Gasteiger partial charge < -0.3 is 24.8 Å². The molecular weight excluding hydrogens is 584 g/mol. The summed E-state index contributed by atoms with van der Waals surface area (Å²) in [4.78, 5) is 20.6. The third-order valence-electron chi connectivity index (χ3n) is 6.14. The lowest BCUT2D eigenvalue weighted by Gasteiger charge is -2.29. The first-order valence-corrected chi connectivity index (χ1v) is 17.7. The molecule has 1 aliphatic carbocycles. The van der Waals surface area contributed by atoms with Gasteiger partial charge in [-0.2, -0.15) is 8.62 Å². The van der Waals surface area contributed by atoms with Crippen molar-refractivity contribution in [2.24, 2.45) is 17.6 Å². The molecule has 8 unspecified atom stereocenters. The molecule has 222 valence electrons. The first kappa shape index (κ1) is 34.2. The lowest BCUT2D eigenvalue weighted by molar-refractivity contribution is -0.00942. The molecule has 0 bridgehead atoms. The van der Waals surface area contributed by atoms with Crippen LogP contribution in [0.4, 0.5) is 0 Å². The van der Waals surface area contributed by atoms with Gasteiger partial charge in [0, 0.05) is 27.0 Å². The van der Waals surface area contributed by atoms with Crippen LogP contribution in [-0.2, 0) is 44.9 Å². The van der Waals surface area contributed by atoms with Crippen molar-refractivity contribution in [2.45, 2.75) is 58.2 Å². The number of rotatable bonds is 17. The Kier molecular flexibility index (Phi) is 13.8. The van der Waals surface area contributed by atoms with E-state index in [4.69, 9.17) is 27.9 Å². The molecule has 1 fully saturated rings. The number of nitrogens with zero attached hydrogens (tertiary/aromatic N) is 1. The van der Waals surface area contributed by atoms with E-state index < -0.39 is 32.0 Å². The fourth-order valence-electron chi connectivity index (χ4n) is 3.86. The summed E-state index contributed by atoms with van der Waals surface area (Å²) in [6.07, 6.45) is 8.93. The maximum Gasteiger partial charge on any atom is 0.492 e. The van der Waals surface area contributed by atoms with Gasteiger partial charge in [-0.05, 0) is 50.1 Å². The average molecular weight is 624 g/mol. The summed E-state index contributed by atoms with van der Waals surface area (Å²) in [5.41, 5.74) is 5.91. The number of nitrogens with two attached hydrogens (primary N) is 1. The van der Waals surface area contributed by atoms with E-state index in [1.165, 1.54) is 7.05 Å². The zero-order valence-electron chi connectivity index (χ0n) is 22.3. The molecule has 0 aromatic rings. The molecule has 0 radical (unpaired) electrons. The van der Waals surface area contributed by atoms with Crippen LogP contribution in [0.5, 0.6) is 0 Å². The van der Waals surface area contributed by atoms with Gasteiger partial charge in [0.05, 0.1) is 18.8 Å². The van der Waals surface area contributed by atoms with E-state index in [1.807, 2.05) is 0 Å². The Hall–Kier alpha value is -0.000000000000000132. The molecule has 1 saturated heterocycles. The predicted molar refractivity (Wildman–Crippen MR) is 142 cm³/mol. The summed E-state index contributed by atoms with van der Waals surface area (Å²) in [6, 6.07) is 0. The van der Waals surface area contributed by atoms with Gasteiger partial charge in [0.25, 0.3) is 0 Å². The first-order chi connectivity index (χ1) is 17.8. The molecule has 1 aliphatic heterocycles. The molecule has 2 aliphatic rings. The van der Waals surface area contributed by atoms with Gasteiger partial charge in [-0.25, -0.2) is 18.0 Å². The fourth-order valence-corrected chi connectivity index (χ4v) is 9.77. The molecule has 0 amide bonds. The highest BCUT2D eigenvalue weighted by Gasteiger charge is 2.47. The van der Waals surface area contributed by atoms with E-state index in [0.717, 1.165) is 38.2 Å². The predicted octanol–water partition coefficient (Wildman–Crippen LogP) is 5.22. The Labute approximate surface area is 225 Å². The van der Waals surface area contributed by atoms with Crippen molar-refractivity contribution in [3.8, 4) is 0 Å². The molecule has 38 heavy (non-hydrogen) atoms. The molecule has 1 heterocycles. The molecular formula is C20H40N2O12P4. The van der Waals surface area contributed by atoms with Crippen molar-refractivity contribution in [2.75, 3.05) is 34.4 Å². The van der Waals surface area contributed by atoms with Crippen LogP contribution >= 0.6 is 32.0 Å². The number of ether oxygens (including phenoxy) is 1. The van der Waals surface area contributed by atoms with E-state index in [2.05, 4.69) is 22.9 Å². The quantitative estimate of drug-likeness (QED) is 0.179. The second-order valence-corrected chi connectivity index (χ2v) is 15.7. The molecule has 8 atom stereocenters. The first-order valence-electron chi connectivity index (χ1n) is 12.2. The van der Waals surface area contributed by atoms with E-state index in [-0.39, 0.29) is 24.7 Å². The second kappa shape index (κ2) is 15.3. The lowest BCUT2D eigenvalue weighted by Crippen LogP contribution is -2.21. The Morgan fingerprint density at radius 1 is 1.21 bits per heavy atom. The average Bonchev–Trinajstić information content (AvgIpc) is 3.36. The van der Waals surface area contributed by atoms with Crippen molar-refractivity contribution in [3.63, 3.8) is 0 Å². The van der Waals surface area contributed by atoms with Crippen LogP contribution in [0.3, 0.4) is 0 Å². The normalized spacial score (nSPS) is 28.1. The Morgan fingerprint density at radius 3 is 2.45 bits per heavy atom. The van der Waals surface area contributed by atoms with Gasteiger partial charge in [0.2, 0.25) is 0 Å². The molecule has 0 aromatic heterocycles. The van der Waals surface area contributed by atoms with Crippen LogP contribution in [0.25, 0.3) is 0 Å². The maximum atomic E-state index is 13.0. The van der Waals surface area contributed by atoms with Gasteiger partial charge in [0.15, 0.2) is 0 Å². The molecule has 0 aromatic carbocycles. The van der Waals surface area contributed by atoms with E-state index >= 15 is 0 Å². The monoisotopic (exact) mass is 624 g/mol. The molecule has 2 rings (SSSR count). The van der Waals surface area contributed by atoms with Crippen LogP contribution in [0.15, 0.2) is 23.9 Å². The smallest absolute Gasteiger partial charge is 0.372 e. The number of phosphoric acid groups is 2. The second-order valence-electron chi connectivity index (χ2n) is 8.91. The Balaban J connectivity index is 1.96. The minimum Gasteiger partial charge on any atom is -0.372 e. The third kappa shape index (κ3) is 10.1. The van der Waals surface area contributed by atoms with Crippen molar-refractivity contribution in [1.29, 1.82) is 0 Å². The SMILES string of the molecule is CCCC(C)C1CCC(COP(O)OP(=O)(OC)OP(=O)(OC)OP(=O)(O)N(C)C2=CCC(CN)C=C2)O1. The fraction of sp³-hybridized carbons (Fsp3) is 0.800. The highest BCUT2D eigenvalue weighted by atomic mass is 31.3. The number of allylic oxidation sites excluding steroid dienone is 2. The van der Waals surface area contributed by atoms with Gasteiger partial charge >= 0.3 is 32.0 Å². The molecule has 18 heteroatoms. The van der Waals surface area contributed by atoms with Gasteiger partial charge in [-0.1, -0.05) is 32.4 Å². The van der Waals surface area contributed by atoms with Gasteiger partial charge in [0.1, 0.15) is 0 Å². The summed E-state index contributed by atoms with van der Waals surface area (Å²) in [5.74, 6) is 0.461. The van der Waals surface area contributed by atoms with Gasteiger partial charge in [-0.15, -0.1) is 0 Å². The highest BCUT2D eigenvalue weighted by Crippen LogP contribution is 2.74. The zero-order valence-corrected chi connectivity index (χ0v) is 25.9. The van der Waals surface area contributed by atoms with Crippen molar-refractivity contribution >= 4 is 32.0 Å². The van der Waals surface area contributed by atoms with Crippen LogP contribution in [0.1, 0.15) is 46.0 Å². The summed E-state index contributed by atoms with van der Waals surface area (Å²) in [5, 5.41) is 0. The van der Waals surface area contributed by atoms with E-state index in [0.29, 0.717) is 31.0 Å². The van der Waals surface area contributed by atoms with Crippen molar-refractivity contribution in [3.05, 3.63) is 23.9 Å². The van der Waals surface area contributed by atoms with Crippen LogP contribution in [0.2, 0.25) is 0 Å². The summed E-state index contributed by atoms with van der Waals surface area (Å²) in [7, 11) is -14.6. The molecule has 0 spiro atoms. The maximum absolute atomic E-state index is 13.0. The van der Waals surface area contributed by atoms with E-state index in [1.54, 1.807) is 18.2 Å². The van der Waals surface area contributed by atoms with Crippen LogP contribution < -0.4 is 5.73 Å². The van der Waals surface area contributed by atoms with Gasteiger partial charge in [-0.3, -0.25) is 13.7 Å². The molecule has 14 nitrogen and oxygen atoms in total. The zero-order chi connectivity index (χ0) is 28.6. The summed E-state index contributed by atoms with van der Waals surface area (Å²) < 4.78 is 74.6. The minimum atomic E-state index is -5.02. The number of likely N-dealkylation sites (N-methyl/N-ethyl adjacent to an activating group) is 1. The summed E-state index contributed by atoms with van der Waals surface area (Å²) in [6.45, 7) is 4.57. The standard InChI is InChI=1S/C20H40N2O12P4/c1-6-7-16(2)20-13-12-19(31-20)15-30-35(23)32-37(26,28-4)34-38(27,29-5)33-36(24,25)22(3)18-10-8-17(14-21)9-11-18/h8,10-11,16-17,19-20,23H,6-7,9,12-15,21H2,1-5H3,(H,24,25). The van der Waals surface area contributed by atoms with Crippen LogP contribution in [-0.4, -0.2) is 61.1 Å².